The van der Waals surface area contributed by atoms with Gasteiger partial charge in [0, 0.05) is 27.0 Å². The van der Waals surface area contributed by atoms with Crippen LogP contribution in [0.3, 0.4) is 0 Å². The Morgan fingerprint density at radius 3 is 2.54 bits per heavy atom. The van der Waals surface area contributed by atoms with E-state index in [4.69, 9.17) is 4.74 Å². The number of pyridine rings is 1. The van der Waals surface area contributed by atoms with E-state index in [-0.39, 0.29) is 25.5 Å². The standard InChI is InChI=1S/C33H28FIN8O5/c34-22-15-26(37-27(16-22)33(47)43-18-48-17-28(43)20-9-11-23(35)12-10-20)31(45)38-25(13-19-5-2-1-3-6-19)29(44)32(46)36-24-8-4-7-21(14-24)30-39-41-42-40-30/h1-12,14-16,25,28-29,44H,13,17-18H2,(H,36,46)(H,38,45)(H,39,40,41,42)/t25-,28+,29-/m0/s1. The van der Waals surface area contributed by atoms with Crippen LogP contribution in [0.5, 0.6) is 0 Å². The zero-order chi connectivity index (χ0) is 33.6. The van der Waals surface area contributed by atoms with Crippen LogP contribution in [0.1, 0.15) is 38.1 Å². The number of aliphatic hydroxyl groups excluding tert-OH is 1. The maximum Gasteiger partial charge on any atom is 0.275 e. The third-order valence-corrected chi connectivity index (χ3v) is 8.36. The van der Waals surface area contributed by atoms with Crippen LogP contribution >= 0.6 is 22.6 Å². The number of anilines is 1. The van der Waals surface area contributed by atoms with E-state index in [1.54, 1.807) is 54.6 Å². The second kappa shape index (κ2) is 14.7. The number of halogens is 2. The molecule has 1 saturated heterocycles. The molecule has 4 N–H and O–H groups in total. The Hall–Kier alpha value is -5.13. The second-order valence-electron chi connectivity index (χ2n) is 10.9. The fourth-order valence-electron chi connectivity index (χ4n) is 5.25. The maximum atomic E-state index is 14.9. The van der Waals surface area contributed by atoms with Crippen LogP contribution < -0.4 is 10.6 Å². The van der Waals surface area contributed by atoms with Crippen molar-refractivity contribution in [2.45, 2.75) is 24.6 Å². The Bertz CT molecular complexity index is 1910. The normalized spacial score (nSPS) is 15.5. The molecule has 1 aliphatic heterocycles. The minimum atomic E-state index is -1.74. The van der Waals surface area contributed by atoms with E-state index in [0.717, 1.165) is 21.3 Å². The van der Waals surface area contributed by atoms with Crippen molar-refractivity contribution in [2.24, 2.45) is 0 Å². The fourth-order valence-corrected chi connectivity index (χ4v) is 5.60. The summed E-state index contributed by atoms with van der Waals surface area (Å²) in [5, 5.41) is 30.2. The smallest absolute Gasteiger partial charge is 0.275 e. The highest BCUT2D eigenvalue weighted by Crippen LogP contribution is 2.28. The van der Waals surface area contributed by atoms with E-state index >= 15 is 0 Å². The molecule has 5 aromatic rings. The summed E-state index contributed by atoms with van der Waals surface area (Å²) in [4.78, 5) is 45.9. The Morgan fingerprint density at radius 2 is 1.79 bits per heavy atom. The van der Waals surface area contributed by atoms with Crippen molar-refractivity contribution < 1.29 is 28.6 Å². The monoisotopic (exact) mass is 762 g/mol. The van der Waals surface area contributed by atoms with Crippen molar-refractivity contribution in [1.82, 2.24) is 35.8 Å². The largest absolute Gasteiger partial charge is 0.381 e. The Kier molecular flexibility index (Phi) is 10.1. The first-order chi connectivity index (χ1) is 23.2. The van der Waals surface area contributed by atoms with E-state index in [1.165, 1.54) is 4.90 Å². The molecule has 13 nitrogen and oxygen atoms in total. The molecule has 2 aromatic heterocycles. The summed E-state index contributed by atoms with van der Waals surface area (Å²) < 4.78 is 21.5. The number of aliphatic hydroxyl groups is 1. The number of tetrazole rings is 1. The van der Waals surface area contributed by atoms with E-state index in [9.17, 15) is 23.9 Å². The molecule has 0 bridgehead atoms. The molecule has 1 fully saturated rings. The SMILES string of the molecule is O=C(N[C@@H](Cc1ccccc1)[C@H](O)C(=O)Nc1cccc(-c2nn[nH]n2)c1)c1cc(F)cc(C(=O)N2COC[C@@H]2c2ccc(I)cc2)n1. The number of nitrogens with zero attached hydrogens (tertiary/aromatic N) is 5. The molecule has 3 amide bonds. The van der Waals surface area contributed by atoms with E-state index in [0.29, 0.717) is 22.6 Å². The number of nitrogens with one attached hydrogen (secondary N) is 3. The van der Waals surface area contributed by atoms with Gasteiger partial charge in [-0.15, -0.1) is 10.2 Å². The maximum absolute atomic E-state index is 14.9. The number of H-pyrrole nitrogens is 1. The highest BCUT2D eigenvalue weighted by Gasteiger charge is 2.34. The lowest BCUT2D eigenvalue weighted by Crippen LogP contribution is -2.50. The average Bonchev–Trinajstić information content (AvgIpc) is 3.82. The molecule has 3 heterocycles. The highest BCUT2D eigenvalue weighted by molar-refractivity contribution is 14.1. The zero-order valence-electron chi connectivity index (χ0n) is 25.1. The lowest BCUT2D eigenvalue weighted by atomic mass is 10.00. The highest BCUT2D eigenvalue weighted by atomic mass is 127. The molecule has 3 aromatic carbocycles. The van der Waals surface area contributed by atoms with Gasteiger partial charge in [0.2, 0.25) is 5.82 Å². The first-order valence-electron chi connectivity index (χ1n) is 14.7. The second-order valence-corrected chi connectivity index (χ2v) is 12.2. The van der Waals surface area contributed by atoms with Gasteiger partial charge >= 0.3 is 0 Å². The third-order valence-electron chi connectivity index (χ3n) is 7.64. The van der Waals surface area contributed by atoms with E-state index in [1.807, 2.05) is 24.3 Å². The Balaban J connectivity index is 1.21. The van der Waals surface area contributed by atoms with Gasteiger partial charge in [-0.05, 0) is 69.6 Å². The number of ether oxygens (including phenoxy) is 1. The minimum absolute atomic E-state index is 0.0341. The molecular formula is C33H28FIN8O5. The molecule has 1 aliphatic rings. The number of carbonyl (C=O) groups excluding carboxylic acids is 3. The van der Waals surface area contributed by atoms with Crippen molar-refractivity contribution in [1.29, 1.82) is 0 Å². The molecule has 0 unspecified atom stereocenters. The summed E-state index contributed by atoms with van der Waals surface area (Å²) in [6, 6.07) is 23.4. The summed E-state index contributed by atoms with van der Waals surface area (Å²) in [7, 11) is 0. The molecule has 0 radical (unpaired) electrons. The minimum Gasteiger partial charge on any atom is -0.381 e. The van der Waals surface area contributed by atoms with Gasteiger partial charge in [-0.1, -0.05) is 54.6 Å². The van der Waals surface area contributed by atoms with Gasteiger partial charge in [0.15, 0.2) is 6.10 Å². The summed E-state index contributed by atoms with van der Waals surface area (Å²) in [5.74, 6) is -2.86. The Labute approximate surface area is 287 Å². The number of hydrogen-bond acceptors (Lipinski definition) is 9. The van der Waals surface area contributed by atoms with Crippen LogP contribution in [0.4, 0.5) is 10.1 Å². The van der Waals surface area contributed by atoms with Crippen LogP contribution in [0.2, 0.25) is 0 Å². The molecule has 3 atom stereocenters. The lowest BCUT2D eigenvalue weighted by Gasteiger charge is -2.24. The third kappa shape index (κ3) is 7.70. The number of amides is 3. The topological polar surface area (TPSA) is 175 Å². The molecule has 6 rings (SSSR count). The number of aromatic amines is 1. The first-order valence-corrected chi connectivity index (χ1v) is 15.8. The molecule has 15 heteroatoms. The number of aromatic nitrogens is 5. The van der Waals surface area contributed by atoms with Crippen molar-refractivity contribution in [3.8, 4) is 11.4 Å². The average molecular weight is 763 g/mol. The quantitative estimate of drug-likeness (QED) is 0.155. The van der Waals surface area contributed by atoms with Crippen LogP contribution in [-0.4, -0.2) is 78.8 Å². The van der Waals surface area contributed by atoms with Gasteiger partial charge in [0.1, 0.15) is 23.9 Å². The number of benzene rings is 3. The molecular weight excluding hydrogens is 734 g/mol. The van der Waals surface area contributed by atoms with Crippen molar-refractivity contribution in [2.75, 3.05) is 18.7 Å². The molecule has 0 spiro atoms. The first kappa shape index (κ1) is 32.8. The van der Waals surface area contributed by atoms with Crippen molar-refractivity contribution in [3.63, 3.8) is 0 Å². The zero-order valence-corrected chi connectivity index (χ0v) is 27.2. The van der Waals surface area contributed by atoms with Crippen LogP contribution in [0, 0.1) is 9.39 Å². The number of carbonyl (C=O) groups is 3. The van der Waals surface area contributed by atoms with E-state index in [2.05, 4.69) is 58.8 Å². The van der Waals surface area contributed by atoms with Gasteiger partial charge in [0.25, 0.3) is 17.7 Å². The van der Waals surface area contributed by atoms with Crippen molar-refractivity contribution >= 4 is 46.0 Å². The van der Waals surface area contributed by atoms with Crippen LogP contribution in [0.25, 0.3) is 11.4 Å². The lowest BCUT2D eigenvalue weighted by molar-refractivity contribution is -0.125. The predicted molar refractivity (Wildman–Crippen MR) is 179 cm³/mol. The van der Waals surface area contributed by atoms with E-state index < -0.39 is 47.4 Å². The van der Waals surface area contributed by atoms with Crippen molar-refractivity contribution in [3.05, 3.63) is 123 Å². The summed E-state index contributed by atoms with van der Waals surface area (Å²) in [5.41, 5.74) is 1.78. The molecule has 48 heavy (non-hydrogen) atoms. The number of hydrogen-bond donors (Lipinski definition) is 4. The summed E-state index contributed by atoms with van der Waals surface area (Å²) in [6.07, 6.45) is -1.69. The van der Waals surface area contributed by atoms with Gasteiger partial charge in [-0.3, -0.25) is 14.4 Å². The Morgan fingerprint density at radius 1 is 1.02 bits per heavy atom. The molecule has 0 saturated carbocycles. The van der Waals surface area contributed by atoms with Gasteiger partial charge in [0.05, 0.1) is 18.7 Å². The summed E-state index contributed by atoms with van der Waals surface area (Å²) in [6.45, 7) is 0.213. The van der Waals surface area contributed by atoms with Crippen LogP contribution in [-0.2, 0) is 16.0 Å². The molecule has 244 valence electrons. The van der Waals surface area contributed by atoms with Gasteiger partial charge in [-0.2, -0.15) is 5.21 Å². The summed E-state index contributed by atoms with van der Waals surface area (Å²) >= 11 is 2.18. The molecule has 0 aliphatic carbocycles. The fraction of sp³-hybridized carbons (Fsp3) is 0.182. The predicted octanol–water partition coefficient (Wildman–Crippen LogP) is 3.52. The number of rotatable bonds is 10. The van der Waals surface area contributed by atoms with Gasteiger partial charge < -0.3 is 25.4 Å². The van der Waals surface area contributed by atoms with Crippen LogP contribution in [0.15, 0.2) is 91.0 Å². The van der Waals surface area contributed by atoms with Gasteiger partial charge in [-0.25, -0.2) is 9.37 Å².